The second-order valence-corrected chi connectivity index (χ2v) is 5.36. The summed E-state index contributed by atoms with van der Waals surface area (Å²) in [5.74, 6) is 0.959. The van der Waals surface area contributed by atoms with Gasteiger partial charge in [0.15, 0.2) is 0 Å². The fraction of sp³-hybridized carbons (Fsp3) is 0.235. The van der Waals surface area contributed by atoms with E-state index in [1.54, 1.807) is 0 Å². The van der Waals surface area contributed by atoms with Crippen molar-refractivity contribution < 1.29 is 0 Å². The first-order valence-electron chi connectivity index (χ1n) is 6.59. The number of nitrogens with zero attached hydrogens (tertiary/aromatic N) is 1. The first-order chi connectivity index (χ1) is 9.04. The van der Waals surface area contributed by atoms with Crippen LogP contribution in [0.4, 0.5) is 0 Å². The number of aromatic amines is 1. The molecule has 3 aromatic rings. The maximum Gasteiger partial charge on any atom is 0.138 e. The summed E-state index contributed by atoms with van der Waals surface area (Å²) in [5.41, 5.74) is 8.42. The van der Waals surface area contributed by atoms with Crippen LogP contribution in [0.25, 0.3) is 22.4 Å². The van der Waals surface area contributed by atoms with Crippen LogP contribution in [0, 0.1) is 27.7 Å². The van der Waals surface area contributed by atoms with Crippen LogP contribution in [0.5, 0.6) is 0 Å². The van der Waals surface area contributed by atoms with Crippen LogP contribution in [0.2, 0.25) is 0 Å². The fourth-order valence-corrected chi connectivity index (χ4v) is 2.39. The van der Waals surface area contributed by atoms with Crippen molar-refractivity contribution in [2.24, 2.45) is 0 Å². The molecule has 0 aliphatic carbocycles. The van der Waals surface area contributed by atoms with Crippen LogP contribution in [0.3, 0.4) is 0 Å². The Morgan fingerprint density at radius 2 is 1.58 bits per heavy atom. The number of rotatable bonds is 1. The topological polar surface area (TPSA) is 28.7 Å². The van der Waals surface area contributed by atoms with Gasteiger partial charge in [-0.15, -0.1) is 0 Å². The molecule has 2 nitrogen and oxygen atoms in total. The Bertz CT molecular complexity index is 727. The van der Waals surface area contributed by atoms with E-state index in [4.69, 9.17) is 4.98 Å². The molecule has 0 unspecified atom stereocenters. The standard InChI is InChI=1S/C17H18N2/c1-10-5-6-11(2)14(7-10)17-18-15-8-12(3)13(4)9-16(15)19-17/h5-9H,1-4H3,(H,18,19). The van der Waals surface area contributed by atoms with E-state index in [-0.39, 0.29) is 0 Å². The van der Waals surface area contributed by atoms with Crippen molar-refractivity contribution in [3.8, 4) is 11.4 Å². The molecule has 0 radical (unpaired) electrons. The number of H-pyrrole nitrogens is 1. The van der Waals surface area contributed by atoms with Gasteiger partial charge in [0.25, 0.3) is 0 Å². The second-order valence-electron chi connectivity index (χ2n) is 5.36. The summed E-state index contributed by atoms with van der Waals surface area (Å²) in [6.45, 7) is 8.49. The van der Waals surface area contributed by atoms with Crippen LogP contribution in [0.1, 0.15) is 22.3 Å². The van der Waals surface area contributed by atoms with E-state index in [9.17, 15) is 0 Å². The van der Waals surface area contributed by atoms with Gasteiger partial charge in [-0.1, -0.05) is 17.7 Å². The summed E-state index contributed by atoms with van der Waals surface area (Å²) in [4.78, 5) is 8.17. The van der Waals surface area contributed by atoms with Crippen molar-refractivity contribution in [2.75, 3.05) is 0 Å². The van der Waals surface area contributed by atoms with Gasteiger partial charge in [0.1, 0.15) is 5.82 Å². The summed E-state index contributed by atoms with van der Waals surface area (Å²) >= 11 is 0. The monoisotopic (exact) mass is 250 g/mol. The molecule has 96 valence electrons. The third kappa shape index (κ3) is 2.03. The minimum Gasteiger partial charge on any atom is -0.338 e. The molecule has 1 aromatic heterocycles. The Morgan fingerprint density at radius 1 is 0.842 bits per heavy atom. The lowest BCUT2D eigenvalue weighted by molar-refractivity contribution is 1.29. The zero-order valence-corrected chi connectivity index (χ0v) is 11.8. The first kappa shape index (κ1) is 12.0. The van der Waals surface area contributed by atoms with E-state index in [1.165, 1.54) is 27.8 Å². The molecule has 0 aliphatic heterocycles. The largest absolute Gasteiger partial charge is 0.338 e. The van der Waals surface area contributed by atoms with Crippen LogP contribution in [-0.4, -0.2) is 9.97 Å². The quantitative estimate of drug-likeness (QED) is 0.678. The molecule has 1 N–H and O–H groups in total. The Morgan fingerprint density at radius 3 is 2.37 bits per heavy atom. The molecule has 1 heterocycles. The SMILES string of the molecule is Cc1ccc(C)c(-c2nc3cc(C)c(C)cc3[nH]2)c1. The van der Waals surface area contributed by atoms with Crippen molar-refractivity contribution in [1.29, 1.82) is 0 Å². The van der Waals surface area contributed by atoms with Gasteiger partial charge in [-0.2, -0.15) is 0 Å². The molecule has 0 amide bonds. The van der Waals surface area contributed by atoms with Gasteiger partial charge in [-0.05, 0) is 62.6 Å². The Labute approximate surface area is 113 Å². The van der Waals surface area contributed by atoms with E-state index in [2.05, 4.69) is 63.0 Å². The summed E-state index contributed by atoms with van der Waals surface area (Å²) in [7, 11) is 0. The highest BCUT2D eigenvalue weighted by molar-refractivity contribution is 5.81. The molecule has 0 saturated carbocycles. The van der Waals surface area contributed by atoms with Gasteiger partial charge in [0, 0.05) is 5.56 Å². The number of aryl methyl sites for hydroxylation is 4. The number of imidazole rings is 1. The molecule has 2 aromatic carbocycles. The molecule has 3 rings (SSSR count). The maximum atomic E-state index is 4.73. The average molecular weight is 250 g/mol. The van der Waals surface area contributed by atoms with E-state index in [0.717, 1.165) is 16.9 Å². The molecule has 0 aliphatic rings. The molecule has 19 heavy (non-hydrogen) atoms. The lowest BCUT2D eigenvalue weighted by atomic mass is 10.1. The first-order valence-corrected chi connectivity index (χ1v) is 6.59. The molecule has 0 atom stereocenters. The summed E-state index contributed by atoms with van der Waals surface area (Å²) in [5, 5.41) is 0. The molecule has 0 bridgehead atoms. The van der Waals surface area contributed by atoms with Crippen LogP contribution < -0.4 is 0 Å². The Kier molecular flexibility index (Phi) is 2.67. The summed E-state index contributed by atoms with van der Waals surface area (Å²) in [6, 6.07) is 10.8. The highest BCUT2D eigenvalue weighted by atomic mass is 14.9. The number of aromatic nitrogens is 2. The zero-order valence-electron chi connectivity index (χ0n) is 11.8. The molecule has 0 spiro atoms. The van der Waals surface area contributed by atoms with E-state index in [1.807, 2.05) is 0 Å². The van der Waals surface area contributed by atoms with Gasteiger partial charge in [-0.3, -0.25) is 0 Å². The van der Waals surface area contributed by atoms with Crippen molar-refractivity contribution in [3.63, 3.8) is 0 Å². The second kappa shape index (κ2) is 4.23. The lowest BCUT2D eigenvalue weighted by Gasteiger charge is -2.03. The molecule has 0 fully saturated rings. The fourth-order valence-electron chi connectivity index (χ4n) is 2.39. The van der Waals surface area contributed by atoms with Crippen molar-refractivity contribution in [1.82, 2.24) is 9.97 Å². The highest BCUT2D eigenvalue weighted by Gasteiger charge is 2.09. The Hall–Kier alpha value is -2.09. The molecule has 2 heteroatoms. The number of nitrogens with one attached hydrogen (secondary N) is 1. The highest BCUT2D eigenvalue weighted by Crippen LogP contribution is 2.26. The van der Waals surface area contributed by atoms with E-state index >= 15 is 0 Å². The number of hydrogen-bond donors (Lipinski definition) is 1. The zero-order chi connectivity index (χ0) is 13.6. The van der Waals surface area contributed by atoms with Gasteiger partial charge in [0.2, 0.25) is 0 Å². The third-order valence-electron chi connectivity index (χ3n) is 3.75. The number of fused-ring (bicyclic) bond motifs is 1. The normalized spacial score (nSPS) is 11.2. The van der Waals surface area contributed by atoms with Crippen LogP contribution in [-0.2, 0) is 0 Å². The summed E-state index contributed by atoms with van der Waals surface area (Å²) < 4.78 is 0. The predicted molar refractivity (Wildman–Crippen MR) is 80.5 cm³/mol. The van der Waals surface area contributed by atoms with Crippen molar-refractivity contribution >= 4 is 11.0 Å². The maximum absolute atomic E-state index is 4.73. The van der Waals surface area contributed by atoms with Gasteiger partial charge in [-0.25, -0.2) is 4.98 Å². The van der Waals surface area contributed by atoms with Gasteiger partial charge >= 0.3 is 0 Å². The molecular weight excluding hydrogens is 232 g/mol. The minimum atomic E-state index is 0.959. The van der Waals surface area contributed by atoms with Crippen molar-refractivity contribution in [2.45, 2.75) is 27.7 Å². The van der Waals surface area contributed by atoms with E-state index in [0.29, 0.717) is 0 Å². The number of hydrogen-bond acceptors (Lipinski definition) is 1. The number of benzene rings is 2. The lowest BCUT2D eigenvalue weighted by Crippen LogP contribution is -1.86. The smallest absolute Gasteiger partial charge is 0.138 e. The third-order valence-corrected chi connectivity index (χ3v) is 3.75. The summed E-state index contributed by atoms with van der Waals surface area (Å²) in [6.07, 6.45) is 0. The average Bonchev–Trinajstić information content (AvgIpc) is 2.75. The van der Waals surface area contributed by atoms with Gasteiger partial charge < -0.3 is 4.98 Å². The van der Waals surface area contributed by atoms with Crippen LogP contribution >= 0.6 is 0 Å². The molecule has 0 saturated heterocycles. The van der Waals surface area contributed by atoms with Gasteiger partial charge in [0.05, 0.1) is 11.0 Å². The van der Waals surface area contributed by atoms with Crippen LogP contribution in [0.15, 0.2) is 30.3 Å². The minimum absolute atomic E-state index is 0.959. The predicted octanol–water partition coefficient (Wildman–Crippen LogP) is 4.46. The van der Waals surface area contributed by atoms with Crippen molar-refractivity contribution in [3.05, 3.63) is 52.6 Å². The van der Waals surface area contributed by atoms with E-state index < -0.39 is 0 Å². The Balaban J connectivity index is 2.23. The molecular formula is C17H18N2.